The molecule has 0 saturated carbocycles. The molecular formula is C11H27NO5P+. The van der Waals surface area contributed by atoms with E-state index in [1.165, 1.54) is 0 Å². The molecule has 7 heteroatoms. The highest BCUT2D eigenvalue weighted by Crippen LogP contribution is 2.43. The van der Waals surface area contributed by atoms with E-state index >= 15 is 0 Å². The van der Waals surface area contributed by atoms with E-state index in [4.69, 9.17) is 4.52 Å². The van der Waals surface area contributed by atoms with Crippen LogP contribution in [0.2, 0.25) is 0 Å². The molecule has 0 aromatic heterocycles. The van der Waals surface area contributed by atoms with Crippen LogP contribution < -0.4 is 0 Å². The second kappa shape index (κ2) is 8.25. The lowest BCUT2D eigenvalue weighted by Crippen LogP contribution is -2.35. The molecule has 18 heavy (non-hydrogen) atoms. The molecule has 0 aromatic rings. The number of hydrogen-bond acceptors (Lipinski definition) is 4. The summed E-state index contributed by atoms with van der Waals surface area (Å²) in [4.78, 5) is 9.31. The van der Waals surface area contributed by atoms with Gasteiger partial charge in [-0.25, -0.2) is 4.57 Å². The fourth-order valence-electron chi connectivity index (χ4n) is 1.20. The summed E-state index contributed by atoms with van der Waals surface area (Å²) < 4.78 is 21.7. The first-order valence-corrected chi connectivity index (χ1v) is 7.76. The van der Waals surface area contributed by atoms with Gasteiger partial charge in [-0.3, -0.25) is 9.05 Å². The minimum absolute atomic E-state index is 0.177. The smallest absolute Gasteiger partial charge is 0.391 e. The number of aliphatic hydroxyl groups excluding tert-OH is 1. The van der Waals surface area contributed by atoms with Gasteiger partial charge in [0.05, 0.1) is 47.0 Å². The average molecular weight is 284 g/mol. The second-order valence-electron chi connectivity index (χ2n) is 5.38. The predicted octanol–water partition coefficient (Wildman–Crippen LogP) is 1.38. The molecule has 0 radical (unpaired) electrons. The van der Waals surface area contributed by atoms with Crippen LogP contribution in [0.15, 0.2) is 0 Å². The minimum atomic E-state index is -4.01. The molecule has 0 aliphatic carbocycles. The van der Waals surface area contributed by atoms with Gasteiger partial charge in [-0.05, 0) is 19.3 Å². The monoisotopic (exact) mass is 284 g/mol. The van der Waals surface area contributed by atoms with Gasteiger partial charge in [-0.2, -0.15) is 0 Å². The van der Waals surface area contributed by atoms with Crippen molar-refractivity contribution in [3.05, 3.63) is 0 Å². The maximum atomic E-state index is 11.4. The van der Waals surface area contributed by atoms with E-state index in [2.05, 4.69) is 25.7 Å². The molecule has 0 aliphatic heterocycles. The van der Waals surface area contributed by atoms with E-state index in [-0.39, 0.29) is 13.2 Å². The van der Waals surface area contributed by atoms with E-state index in [0.717, 1.165) is 17.4 Å². The molecule has 0 saturated heterocycles. The van der Waals surface area contributed by atoms with Crippen molar-refractivity contribution in [1.29, 1.82) is 0 Å². The lowest BCUT2D eigenvalue weighted by Gasteiger charge is -2.23. The molecule has 2 unspecified atom stereocenters. The fourth-order valence-corrected chi connectivity index (χ4v) is 2.00. The van der Waals surface area contributed by atoms with Gasteiger partial charge >= 0.3 is 7.82 Å². The lowest BCUT2D eigenvalue weighted by molar-refractivity contribution is -0.870. The summed E-state index contributed by atoms with van der Waals surface area (Å²) in [6.45, 7) is 2.76. The Morgan fingerprint density at radius 2 is 1.83 bits per heavy atom. The summed E-state index contributed by atoms with van der Waals surface area (Å²) in [5.74, 6) is 0. The molecule has 2 atom stereocenters. The maximum Gasteiger partial charge on any atom is 0.472 e. The summed E-state index contributed by atoms with van der Waals surface area (Å²) in [5.41, 5.74) is 0. The van der Waals surface area contributed by atoms with Crippen molar-refractivity contribution < 1.29 is 28.1 Å². The largest absolute Gasteiger partial charge is 0.472 e. The Morgan fingerprint density at radius 1 is 1.22 bits per heavy atom. The van der Waals surface area contributed by atoms with Gasteiger partial charge in [0.25, 0.3) is 0 Å². The Kier molecular flexibility index (Phi) is 8.26. The van der Waals surface area contributed by atoms with Gasteiger partial charge in [0.1, 0.15) is 0 Å². The van der Waals surface area contributed by atoms with Crippen LogP contribution in [0, 0.1) is 0 Å². The van der Waals surface area contributed by atoms with Crippen LogP contribution in [0.1, 0.15) is 26.2 Å². The standard InChI is InChI=1S/C11H26NO5P/c1-5-11(13)10-17-18(14,15)16-9-7-6-8-12(2,3)4/h11,13H,5-10H2,1-4H3/p+1. The first-order valence-electron chi connectivity index (χ1n) is 6.26. The highest BCUT2D eigenvalue weighted by atomic mass is 31.2. The van der Waals surface area contributed by atoms with E-state index in [9.17, 15) is 14.6 Å². The highest BCUT2D eigenvalue weighted by Gasteiger charge is 2.22. The van der Waals surface area contributed by atoms with Crippen molar-refractivity contribution in [2.24, 2.45) is 0 Å². The molecule has 110 valence electrons. The highest BCUT2D eigenvalue weighted by molar-refractivity contribution is 7.47. The number of quaternary nitrogens is 1. The van der Waals surface area contributed by atoms with Crippen molar-refractivity contribution in [3.63, 3.8) is 0 Å². The van der Waals surface area contributed by atoms with Crippen LogP contribution in [-0.2, 0) is 13.6 Å². The predicted molar refractivity (Wildman–Crippen MR) is 70.2 cm³/mol. The first-order chi connectivity index (χ1) is 8.16. The Bertz CT molecular complexity index is 267. The summed E-state index contributed by atoms with van der Waals surface area (Å²) in [5, 5.41) is 9.21. The molecule has 2 N–H and O–H groups in total. The Hall–Kier alpha value is 0.0300. The normalized spacial score (nSPS) is 17.4. The summed E-state index contributed by atoms with van der Waals surface area (Å²) in [7, 11) is 2.27. The maximum absolute atomic E-state index is 11.4. The third kappa shape index (κ3) is 11.1. The third-order valence-corrected chi connectivity index (χ3v) is 3.36. The number of aliphatic hydroxyl groups is 1. The van der Waals surface area contributed by atoms with Gasteiger partial charge in [-0.15, -0.1) is 0 Å². The van der Waals surface area contributed by atoms with E-state index < -0.39 is 13.9 Å². The van der Waals surface area contributed by atoms with E-state index in [0.29, 0.717) is 12.8 Å². The number of phosphoric acid groups is 1. The number of rotatable bonds is 10. The second-order valence-corrected chi connectivity index (χ2v) is 6.83. The van der Waals surface area contributed by atoms with Crippen LogP contribution in [0.5, 0.6) is 0 Å². The Balaban J connectivity index is 3.68. The summed E-state index contributed by atoms with van der Waals surface area (Å²) in [6, 6.07) is 0. The molecule has 0 amide bonds. The SMILES string of the molecule is CCC(O)COP(=O)(O)OCCCC[N+](C)(C)C. The molecule has 0 heterocycles. The molecule has 0 fully saturated rings. The zero-order valence-electron chi connectivity index (χ0n) is 11.8. The molecule has 0 aliphatic rings. The summed E-state index contributed by atoms with van der Waals surface area (Å²) >= 11 is 0. The number of unbranched alkanes of at least 4 members (excludes halogenated alkanes) is 1. The lowest BCUT2D eigenvalue weighted by atomic mass is 10.3. The zero-order chi connectivity index (χ0) is 14.2. The van der Waals surface area contributed by atoms with Gasteiger partial charge in [0.2, 0.25) is 0 Å². The van der Waals surface area contributed by atoms with Crippen molar-refractivity contribution >= 4 is 7.82 Å². The minimum Gasteiger partial charge on any atom is -0.391 e. The van der Waals surface area contributed by atoms with E-state index in [1.54, 1.807) is 6.92 Å². The van der Waals surface area contributed by atoms with Crippen molar-refractivity contribution in [2.45, 2.75) is 32.3 Å². The number of phosphoric ester groups is 1. The van der Waals surface area contributed by atoms with E-state index in [1.807, 2.05) is 0 Å². The Labute approximate surface area is 110 Å². The Morgan fingerprint density at radius 3 is 2.33 bits per heavy atom. The van der Waals surface area contributed by atoms with Gasteiger partial charge in [0, 0.05) is 0 Å². The van der Waals surface area contributed by atoms with Crippen molar-refractivity contribution in [1.82, 2.24) is 0 Å². The number of hydrogen-bond donors (Lipinski definition) is 2. The molecule has 0 aromatic carbocycles. The van der Waals surface area contributed by atoms with Crippen LogP contribution in [0.3, 0.4) is 0 Å². The van der Waals surface area contributed by atoms with Crippen LogP contribution >= 0.6 is 7.82 Å². The zero-order valence-corrected chi connectivity index (χ0v) is 12.7. The van der Waals surface area contributed by atoms with Gasteiger partial charge in [0.15, 0.2) is 0 Å². The molecule has 0 rings (SSSR count). The van der Waals surface area contributed by atoms with Crippen molar-refractivity contribution in [2.75, 3.05) is 40.9 Å². The van der Waals surface area contributed by atoms with Crippen molar-refractivity contribution in [3.8, 4) is 0 Å². The van der Waals surface area contributed by atoms with Gasteiger partial charge < -0.3 is 14.5 Å². The molecular weight excluding hydrogens is 257 g/mol. The molecule has 6 nitrogen and oxygen atoms in total. The number of nitrogens with zero attached hydrogens (tertiary/aromatic N) is 1. The van der Waals surface area contributed by atoms with Gasteiger partial charge in [-0.1, -0.05) is 6.92 Å². The first kappa shape index (κ1) is 18.0. The van der Waals surface area contributed by atoms with Crippen LogP contribution in [0.4, 0.5) is 0 Å². The quantitative estimate of drug-likeness (QED) is 0.360. The fraction of sp³-hybridized carbons (Fsp3) is 1.00. The molecule has 0 bridgehead atoms. The van der Waals surface area contributed by atoms with Crippen LogP contribution in [0.25, 0.3) is 0 Å². The topological polar surface area (TPSA) is 76.0 Å². The summed E-state index contributed by atoms with van der Waals surface area (Å²) in [6.07, 6.45) is 1.37. The molecule has 0 spiro atoms. The third-order valence-electron chi connectivity index (χ3n) is 2.38. The average Bonchev–Trinajstić information content (AvgIpc) is 2.24. The van der Waals surface area contributed by atoms with Crippen LogP contribution in [-0.4, -0.2) is 61.5 Å².